The lowest BCUT2D eigenvalue weighted by atomic mass is 9.68. The Bertz CT molecular complexity index is 516. The van der Waals surface area contributed by atoms with Crippen LogP contribution in [-0.4, -0.2) is 11.1 Å². The van der Waals surface area contributed by atoms with Crippen LogP contribution in [0.1, 0.15) is 43.2 Å². The van der Waals surface area contributed by atoms with Gasteiger partial charge in [-0.05, 0) is 25.0 Å². The van der Waals surface area contributed by atoms with E-state index in [-0.39, 0.29) is 12.8 Å². The summed E-state index contributed by atoms with van der Waals surface area (Å²) in [5.74, 6) is -2.48. The molecule has 0 spiro atoms. The van der Waals surface area contributed by atoms with Crippen molar-refractivity contribution in [1.29, 1.82) is 0 Å². The van der Waals surface area contributed by atoms with Crippen molar-refractivity contribution in [3.8, 4) is 0 Å². The second kappa shape index (κ2) is 5.07. The van der Waals surface area contributed by atoms with Gasteiger partial charge in [0.15, 0.2) is 0 Å². The van der Waals surface area contributed by atoms with E-state index in [0.29, 0.717) is 12.8 Å². The van der Waals surface area contributed by atoms with Gasteiger partial charge in [0.1, 0.15) is 5.82 Å². The molecule has 6 heteroatoms. The van der Waals surface area contributed by atoms with Crippen LogP contribution in [0.2, 0.25) is 0 Å². The van der Waals surface area contributed by atoms with E-state index >= 15 is 0 Å². The van der Waals surface area contributed by atoms with E-state index in [1.54, 1.807) is 0 Å². The third-order valence-corrected chi connectivity index (χ3v) is 3.91. The fraction of sp³-hybridized carbons (Fsp3) is 0.500. The number of aliphatic carboxylic acids is 1. The number of hydrogen-bond acceptors (Lipinski definition) is 1. The Balaban J connectivity index is 2.68. The molecule has 0 heterocycles. The average Bonchev–Trinajstić information content (AvgIpc) is 2.38. The summed E-state index contributed by atoms with van der Waals surface area (Å²) in [6.07, 6.45) is -2.98. The molecule has 2 nitrogen and oxygen atoms in total. The number of halogens is 4. The highest BCUT2D eigenvalue weighted by atomic mass is 19.4. The molecule has 0 amide bonds. The van der Waals surface area contributed by atoms with Crippen molar-refractivity contribution in [2.24, 2.45) is 0 Å². The molecule has 0 bridgehead atoms. The minimum atomic E-state index is -4.77. The van der Waals surface area contributed by atoms with Gasteiger partial charge in [0.2, 0.25) is 0 Å². The lowest BCUT2D eigenvalue weighted by Gasteiger charge is -2.35. The summed E-state index contributed by atoms with van der Waals surface area (Å²) < 4.78 is 53.2. The minimum absolute atomic E-state index is 0.0341. The maximum atomic E-state index is 14.0. The minimum Gasteiger partial charge on any atom is -0.481 e. The van der Waals surface area contributed by atoms with E-state index in [4.69, 9.17) is 0 Å². The van der Waals surface area contributed by atoms with Gasteiger partial charge in [-0.2, -0.15) is 13.2 Å². The molecular weight excluding hydrogens is 276 g/mol. The second-order valence-corrected chi connectivity index (χ2v) is 5.11. The fourth-order valence-electron chi connectivity index (χ4n) is 2.97. The molecule has 0 radical (unpaired) electrons. The third-order valence-electron chi connectivity index (χ3n) is 3.91. The number of rotatable bonds is 2. The van der Waals surface area contributed by atoms with E-state index < -0.39 is 34.5 Å². The number of alkyl halides is 3. The number of carbonyl (C=O) groups is 1. The third kappa shape index (κ3) is 2.39. The molecule has 1 N–H and O–H groups in total. The van der Waals surface area contributed by atoms with Crippen molar-refractivity contribution in [2.45, 2.75) is 43.7 Å². The molecular formula is C14H14F4O2. The van der Waals surface area contributed by atoms with Crippen LogP contribution in [-0.2, 0) is 16.4 Å². The van der Waals surface area contributed by atoms with Gasteiger partial charge >= 0.3 is 12.1 Å². The van der Waals surface area contributed by atoms with E-state index in [2.05, 4.69) is 0 Å². The summed E-state index contributed by atoms with van der Waals surface area (Å²) in [4.78, 5) is 11.6. The molecule has 2 rings (SSSR count). The predicted octanol–water partition coefficient (Wildman–Crippen LogP) is 4.13. The SMILES string of the molecule is O=C(O)C1(c2c(F)cccc2C(F)(F)F)CCCCC1. The van der Waals surface area contributed by atoms with Gasteiger partial charge in [-0.3, -0.25) is 4.79 Å². The zero-order valence-electron chi connectivity index (χ0n) is 10.6. The van der Waals surface area contributed by atoms with Crippen molar-refractivity contribution >= 4 is 5.97 Å². The smallest absolute Gasteiger partial charge is 0.416 e. The molecule has 1 aliphatic carbocycles. The number of hydrogen-bond donors (Lipinski definition) is 1. The summed E-state index contributed by atoms with van der Waals surface area (Å²) >= 11 is 0. The first kappa shape index (κ1) is 14.8. The predicted molar refractivity (Wildman–Crippen MR) is 63.8 cm³/mol. The summed E-state index contributed by atoms with van der Waals surface area (Å²) in [6, 6.07) is 2.60. The van der Waals surface area contributed by atoms with Gasteiger partial charge in [0.25, 0.3) is 0 Å². The van der Waals surface area contributed by atoms with E-state index in [9.17, 15) is 27.5 Å². The highest BCUT2D eigenvalue weighted by Crippen LogP contribution is 2.46. The van der Waals surface area contributed by atoms with Crippen LogP contribution in [0.3, 0.4) is 0 Å². The molecule has 0 unspecified atom stereocenters. The van der Waals surface area contributed by atoms with Gasteiger partial charge in [0.05, 0.1) is 11.0 Å². The van der Waals surface area contributed by atoms with Crippen molar-refractivity contribution in [3.05, 3.63) is 35.1 Å². The number of carboxylic acids is 1. The van der Waals surface area contributed by atoms with Crippen LogP contribution in [0.25, 0.3) is 0 Å². The first-order chi connectivity index (χ1) is 9.29. The van der Waals surface area contributed by atoms with Crippen molar-refractivity contribution in [2.75, 3.05) is 0 Å². The van der Waals surface area contributed by atoms with E-state index in [1.165, 1.54) is 0 Å². The Morgan fingerprint density at radius 3 is 2.25 bits per heavy atom. The first-order valence-corrected chi connectivity index (χ1v) is 6.38. The van der Waals surface area contributed by atoms with Crippen molar-refractivity contribution in [1.82, 2.24) is 0 Å². The molecule has 0 aliphatic heterocycles. The molecule has 0 atom stereocenters. The molecule has 1 fully saturated rings. The normalized spacial score (nSPS) is 18.8. The molecule has 0 saturated heterocycles. The summed E-state index contributed by atoms with van der Waals surface area (Å²) in [7, 11) is 0. The zero-order chi connectivity index (χ0) is 15.0. The summed E-state index contributed by atoms with van der Waals surface area (Å²) in [5, 5.41) is 9.42. The lowest BCUT2D eigenvalue weighted by molar-refractivity contribution is -0.147. The fourth-order valence-corrected chi connectivity index (χ4v) is 2.97. The molecule has 1 aromatic rings. The van der Waals surface area contributed by atoms with E-state index in [0.717, 1.165) is 24.6 Å². The molecule has 1 aliphatic rings. The van der Waals surface area contributed by atoms with Gasteiger partial charge in [-0.15, -0.1) is 0 Å². The van der Waals surface area contributed by atoms with Gasteiger partial charge in [0, 0.05) is 5.56 Å². The molecule has 110 valence electrons. The zero-order valence-corrected chi connectivity index (χ0v) is 10.6. The first-order valence-electron chi connectivity index (χ1n) is 6.38. The maximum absolute atomic E-state index is 14.0. The lowest BCUT2D eigenvalue weighted by Crippen LogP contribution is -2.40. The number of carboxylic acid groups (broad SMARTS) is 1. The number of benzene rings is 1. The average molecular weight is 290 g/mol. The topological polar surface area (TPSA) is 37.3 Å². The van der Waals surface area contributed by atoms with Gasteiger partial charge in [-0.25, -0.2) is 4.39 Å². The van der Waals surface area contributed by atoms with Crippen LogP contribution in [0.4, 0.5) is 17.6 Å². The Hall–Kier alpha value is -1.59. The molecule has 20 heavy (non-hydrogen) atoms. The van der Waals surface area contributed by atoms with Crippen LogP contribution >= 0.6 is 0 Å². The maximum Gasteiger partial charge on any atom is 0.416 e. The van der Waals surface area contributed by atoms with E-state index in [1.807, 2.05) is 0 Å². The summed E-state index contributed by atoms with van der Waals surface area (Å²) in [6.45, 7) is 0. The Kier molecular flexibility index (Phi) is 3.75. The van der Waals surface area contributed by atoms with Crippen LogP contribution in [0.5, 0.6) is 0 Å². The highest BCUT2D eigenvalue weighted by Gasteiger charge is 2.48. The molecule has 0 aromatic heterocycles. The Morgan fingerprint density at radius 2 is 1.75 bits per heavy atom. The van der Waals surface area contributed by atoms with Gasteiger partial charge < -0.3 is 5.11 Å². The second-order valence-electron chi connectivity index (χ2n) is 5.11. The quantitative estimate of drug-likeness (QED) is 0.831. The van der Waals surface area contributed by atoms with Crippen LogP contribution < -0.4 is 0 Å². The van der Waals surface area contributed by atoms with Gasteiger partial charge in [-0.1, -0.05) is 25.3 Å². The highest BCUT2D eigenvalue weighted by molar-refractivity contribution is 5.82. The van der Waals surface area contributed by atoms with Crippen molar-refractivity contribution < 1.29 is 27.5 Å². The van der Waals surface area contributed by atoms with Crippen LogP contribution in [0.15, 0.2) is 18.2 Å². The van der Waals surface area contributed by atoms with Crippen LogP contribution in [0, 0.1) is 5.82 Å². The Morgan fingerprint density at radius 1 is 1.15 bits per heavy atom. The molecule has 1 saturated carbocycles. The standard InChI is InChI=1S/C14H14F4O2/c15-10-6-4-5-9(14(16,17)18)11(10)13(12(19)20)7-2-1-3-8-13/h4-6H,1-3,7-8H2,(H,19,20). The molecule has 1 aromatic carbocycles. The largest absolute Gasteiger partial charge is 0.481 e. The summed E-state index contributed by atoms with van der Waals surface area (Å²) in [5.41, 5.74) is -3.66. The monoisotopic (exact) mass is 290 g/mol. The van der Waals surface area contributed by atoms with Crippen molar-refractivity contribution in [3.63, 3.8) is 0 Å². The Labute approximate surface area is 113 Å².